The molecule has 5 amide bonds. The molecule has 5 heterocycles. The molecule has 4 aliphatic heterocycles. The lowest BCUT2D eigenvalue weighted by Gasteiger charge is -2.63. The van der Waals surface area contributed by atoms with E-state index in [0.29, 0.717) is 35.6 Å². The van der Waals surface area contributed by atoms with Gasteiger partial charge in [0.1, 0.15) is 29.8 Å². The van der Waals surface area contributed by atoms with Crippen LogP contribution in [0.25, 0.3) is 10.9 Å². The van der Waals surface area contributed by atoms with Crippen molar-refractivity contribution in [3.63, 3.8) is 0 Å². The Kier molecular flexibility index (Phi) is 11.1. The molecule has 3 saturated heterocycles. The summed E-state index contributed by atoms with van der Waals surface area (Å²) in [5, 5.41) is 15.7. The minimum Gasteiger partial charge on any atom is -0.488 e. The van der Waals surface area contributed by atoms with Crippen molar-refractivity contribution in [2.24, 2.45) is 10.8 Å². The van der Waals surface area contributed by atoms with Gasteiger partial charge in [-0.1, -0.05) is 27.7 Å². The van der Waals surface area contributed by atoms with E-state index in [-0.39, 0.29) is 47.6 Å². The Bertz CT molecular complexity index is 2600. The van der Waals surface area contributed by atoms with Gasteiger partial charge in [0.05, 0.1) is 27.9 Å². The summed E-state index contributed by atoms with van der Waals surface area (Å²) < 4.78 is 22.4. The van der Waals surface area contributed by atoms with Crippen molar-refractivity contribution in [2.75, 3.05) is 75.2 Å². The lowest BCUT2D eigenvalue weighted by molar-refractivity contribution is -0.163. The van der Waals surface area contributed by atoms with Crippen LogP contribution in [0.3, 0.4) is 0 Å². The molecule has 1 unspecified atom stereocenters. The minimum atomic E-state index is -0.993. The van der Waals surface area contributed by atoms with Crippen LogP contribution in [0.1, 0.15) is 77.2 Å². The van der Waals surface area contributed by atoms with Gasteiger partial charge in [-0.05, 0) is 67.1 Å². The fraction of sp³-hybridized carbons (Fsp3) is 0.438. The number of piperazine rings is 2. The molecule has 2 N–H and O–H groups in total. The van der Waals surface area contributed by atoms with Crippen LogP contribution in [0, 0.1) is 28.0 Å². The van der Waals surface area contributed by atoms with E-state index in [9.17, 15) is 29.2 Å². The SMILES string of the molecule is CC1(C)[C@H](NC(=O)c2ccc(N3CCN(CCN4CCN(c5ccc6c(c5)C(=O)N(C5CCC(=O)NC5=O)C6=O)CC4)CC3)c(F)c2)C(C)(C)[C@H]1Oc1ccc(C#N)c2ncccc12. The molecule has 1 aliphatic carbocycles. The molecule has 9 rings (SSSR count). The summed E-state index contributed by atoms with van der Waals surface area (Å²) in [6, 6.07) is 18.1. The highest BCUT2D eigenvalue weighted by atomic mass is 19.1. The quantitative estimate of drug-likeness (QED) is 0.218. The van der Waals surface area contributed by atoms with Gasteiger partial charge in [-0.3, -0.25) is 49.0 Å². The standard InChI is InChI=1S/C48H52FN9O6/c1-47(2)45(48(3,4)46(47)64-38-13-8-30(28-50)40-33(38)6-5-15-51-40)53-41(60)29-7-11-36(35(49)26-29)57-24-20-55(21-25-57)17-16-54-18-22-56(23-19-54)31-9-10-32-34(27-31)44(63)58(43(32)62)37-12-14-39(59)52-42(37)61/h5-11,13,15,26-27,37,45-46H,12,14,16-25H2,1-4H3,(H,53,60)(H,52,59,61)/t37?,45-,46-. The normalized spacial score (nSPS) is 23.4. The predicted octanol–water partition coefficient (Wildman–Crippen LogP) is 4.20. The van der Waals surface area contributed by atoms with Gasteiger partial charge in [-0.15, -0.1) is 0 Å². The molecule has 4 fully saturated rings. The second kappa shape index (κ2) is 16.6. The first kappa shape index (κ1) is 42.8. The molecule has 5 aliphatic rings. The summed E-state index contributed by atoms with van der Waals surface area (Å²) in [4.78, 5) is 78.6. The number of anilines is 2. The maximum absolute atomic E-state index is 15.7. The van der Waals surface area contributed by atoms with Gasteiger partial charge in [-0.25, -0.2) is 4.39 Å². The second-order valence-corrected chi connectivity index (χ2v) is 18.7. The number of fused-ring (bicyclic) bond motifs is 2. The maximum Gasteiger partial charge on any atom is 0.262 e. The Morgan fingerprint density at radius 1 is 0.859 bits per heavy atom. The van der Waals surface area contributed by atoms with Gasteiger partial charge >= 0.3 is 0 Å². The molecule has 0 spiro atoms. The van der Waals surface area contributed by atoms with E-state index in [1.165, 1.54) is 6.07 Å². The van der Waals surface area contributed by atoms with E-state index in [1.54, 1.807) is 42.6 Å². The number of rotatable bonds is 10. The number of carbonyl (C=O) groups excluding carboxylic acids is 5. The highest BCUT2D eigenvalue weighted by molar-refractivity contribution is 6.23. The number of hydrogen-bond acceptors (Lipinski definition) is 12. The van der Waals surface area contributed by atoms with E-state index >= 15 is 4.39 Å². The number of benzene rings is 3. The third-order valence-corrected chi connectivity index (χ3v) is 14.0. The summed E-state index contributed by atoms with van der Waals surface area (Å²) in [6.45, 7) is 16.0. The number of ether oxygens (including phenoxy) is 1. The number of amides is 5. The first-order valence-corrected chi connectivity index (χ1v) is 22.0. The first-order chi connectivity index (χ1) is 30.6. The fourth-order valence-corrected chi connectivity index (χ4v) is 10.8. The van der Waals surface area contributed by atoms with Crippen LogP contribution in [-0.2, 0) is 9.59 Å². The zero-order valence-electron chi connectivity index (χ0n) is 36.5. The number of nitriles is 1. The van der Waals surface area contributed by atoms with E-state index in [4.69, 9.17) is 4.74 Å². The van der Waals surface area contributed by atoms with Crippen LogP contribution in [0.15, 0.2) is 66.9 Å². The smallest absolute Gasteiger partial charge is 0.262 e. The molecule has 0 bridgehead atoms. The molecule has 1 aromatic heterocycles. The van der Waals surface area contributed by atoms with Crippen molar-refractivity contribution in [3.8, 4) is 11.8 Å². The van der Waals surface area contributed by atoms with E-state index in [1.807, 2.05) is 23.1 Å². The molecule has 0 radical (unpaired) electrons. The van der Waals surface area contributed by atoms with Crippen LogP contribution < -0.4 is 25.2 Å². The molecule has 3 aromatic carbocycles. The van der Waals surface area contributed by atoms with Crippen LogP contribution >= 0.6 is 0 Å². The molecule has 15 nitrogen and oxygen atoms in total. The van der Waals surface area contributed by atoms with E-state index in [0.717, 1.165) is 68.3 Å². The van der Waals surface area contributed by atoms with E-state index in [2.05, 4.69) is 64.1 Å². The van der Waals surface area contributed by atoms with Gasteiger partial charge in [0.2, 0.25) is 11.8 Å². The molecule has 1 saturated carbocycles. The number of aromatic nitrogens is 1. The molecule has 4 aromatic rings. The lowest BCUT2D eigenvalue weighted by atomic mass is 9.49. The lowest BCUT2D eigenvalue weighted by Crippen LogP contribution is -2.74. The zero-order valence-corrected chi connectivity index (χ0v) is 36.5. The van der Waals surface area contributed by atoms with Crippen molar-refractivity contribution in [3.05, 3.63) is 94.9 Å². The number of nitrogens with zero attached hydrogens (tertiary/aromatic N) is 7. The Hall–Kier alpha value is -6.44. The Morgan fingerprint density at radius 2 is 1.53 bits per heavy atom. The largest absolute Gasteiger partial charge is 0.488 e. The summed E-state index contributed by atoms with van der Waals surface area (Å²) in [5.74, 6) is -2.19. The molecular formula is C48H52FN9O6. The number of pyridine rings is 1. The highest BCUT2D eigenvalue weighted by Gasteiger charge is 2.64. The molecule has 16 heteroatoms. The third-order valence-electron chi connectivity index (χ3n) is 14.0. The average Bonchev–Trinajstić information content (AvgIpc) is 3.54. The number of carbonyl (C=O) groups is 5. The van der Waals surface area contributed by atoms with Crippen molar-refractivity contribution in [2.45, 2.75) is 58.7 Å². The monoisotopic (exact) mass is 869 g/mol. The molecule has 1 atom stereocenters. The van der Waals surface area contributed by atoms with Crippen LogP contribution in [0.5, 0.6) is 5.75 Å². The topological polar surface area (TPSA) is 172 Å². The highest BCUT2D eigenvalue weighted by Crippen LogP contribution is 2.56. The van der Waals surface area contributed by atoms with Crippen molar-refractivity contribution in [1.82, 2.24) is 30.3 Å². The summed E-state index contributed by atoms with van der Waals surface area (Å²) >= 11 is 0. The van der Waals surface area contributed by atoms with Crippen molar-refractivity contribution in [1.29, 1.82) is 5.26 Å². The van der Waals surface area contributed by atoms with Crippen molar-refractivity contribution < 1.29 is 33.1 Å². The number of nitrogens with one attached hydrogen (secondary N) is 2. The molecular weight excluding hydrogens is 818 g/mol. The predicted molar refractivity (Wildman–Crippen MR) is 237 cm³/mol. The second-order valence-electron chi connectivity index (χ2n) is 18.7. The Morgan fingerprint density at radius 3 is 2.19 bits per heavy atom. The van der Waals surface area contributed by atoms with Gasteiger partial charge in [0, 0.05) is 112 Å². The Labute approximate surface area is 371 Å². The first-order valence-electron chi connectivity index (χ1n) is 22.0. The van der Waals surface area contributed by atoms with Crippen LogP contribution in [0.4, 0.5) is 15.8 Å². The Balaban J connectivity index is 0.735. The van der Waals surface area contributed by atoms with Gasteiger partial charge in [-0.2, -0.15) is 5.26 Å². The summed E-state index contributed by atoms with van der Waals surface area (Å²) in [7, 11) is 0. The summed E-state index contributed by atoms with van der Waals surface area (Å²) in [5.41, 5.74) is 2.27. The number of piperidine rings is 1. The minimum absolute atomic E-state index is 0.0759. The number of imide groups is 2. The molecule has 64 heavy (non-hydrogen) atoms. The van der Waals surface area contributed by atoms with Crippen LogP contribution in [0.2, 0.25) is 0 Å². The van der Waals surface area contributed by atoms with Crippen LogP contribution in [-0.4, -0.2) is 133 Å². The number of hydrogen-bond donors (Lipinski definition) is 2. The third kappa shape index (κ3) is 7.60. The van der Waals surface area contributed by atoms with E-state index < -0.39 is 46.3 Å². The summed E-state index contributed by atoms with van der Waals surface area (Å²) in [6.07, 6.45) is 1.58. The average molecular weight is 870 g/mol. The van der Waals surface area contributed by atoms with Gasteiger partial charge in [0.15, 0.2) is 0 Å². The maximum atomic E-state index is 15.7. The van der Waals surface area contributed by atoms with Gasteiger partial charge in [0.25, 0.3) is 17.7 Å². The zero-order chi connectivity index (χ0) is 45.1. The molecule has 332 valence electrons. The van der Waals surface area contributed by atoms with Gasteiger partial charge < -0.3 is 19.9 Å². The number of halogens is 1. The van der Waals surface area contributed by atoms with Crippen molar-refractivity contribution >= 4 is 51.8 Å². The fourth-order valence-electron chi connectivity index (χ4n) is 10.8.